The van der Waals surface area contributed by atoms with Crippen LogP contribution in [0.1, 0.15) is 21.5 Å². The number of hydrogen-bond donors (Lipinski definition) is 2. The number of nitrogens with zero attached hydrogens (tertiary/aromatic N) is 2. The van der Waals surface area contributed by atoms with Crippen LogP contribution in [0.15, 0.2) is 30.5 Å². The van der Waals surface area contributed by atoms with Gasteiger partial charge in [-0.2, -0.15) is 11.8 Å². The van der Waals surface area contributed by atoms with Crippen molar-refractivity contribution >= 4 is 17.7 Å². The van der Waals surface area contributed by atoms with Gasteiger partial charge in [-0.05, 0) is 11.1 Å². The summed E-state index contributed by atoms with van der Waals surface area (Å²) in [5.41, 5.74) is 1.29. The summed E-state index contributed by atoms with van der Waals surface area (Å²) >= 11 is 1.66. The van der Waals surface area contributed by atoms with Crippen molar-refractivity contribution in [2.75, 3.05) is 19.4 Å². The minimum absolute atomic E-state index is 0.147. The average molecular weight is 333 g/mol. The maximum atomic E-state index is 12.4. The normalized spacial score (nSPS) is 20.0. The molecule has 6 nitrogen and oxygen atoms in total. The van der Waals surface area contributed by atoms with Crippen molar-refractivity contribution in [2.45, 2.75) is 11.4 Å². The third-order valence-electron chi connectivity index (χ3n) is 3.89. The number of carbonyl (C=O) groups excluding carboxylic acids is 1. The Labute approximate surface area is 138 Å². The van der Waals surface area contributed by atoms with Crippen LogP contribution < -0.4 is 10.1 Å². The van der Waals surface area contributed by atoms with Gasteiger partial charge in [0.25, 0.3) is 5.91 Å². The van der Waals surface area contributed by atoms with Gasteiger partial charge in [0.2, 0.25) is 5.88 Å². The topological polar surface area (TPSA) is 76.4 Å². The number of thioether (sulfide) groups is 1. The van der Waals surface area contributed by atoms with Crippen LogP contribution in [0.4, 0.5) is 0 Å². The SMILES string of the molecule is COc1nn(C)cc1C(=O)NCC1(O)CSCc2ccccc21. The molecule has 2 heterocycles. The molecule has 0 radical (unpaired) electrons. The zero-order valence-electron chi connectivity index (χ0n) is 13.1. The summed E-state index contributed by atoms with van der Waals surface area (Å²) in [6.07, 6.45) is 1.60. The van der Waals surface area contributed by atoms with E-state index in [-0.39, 0.29) is 18.3 Å². The van der Waals surface area contributed by atoms with E-state index in [9.17, 15) is 9.90 Å². The molecule has 1 aliphatic heterocycles. The predicted molar refractivity (Wildman–Crippen MR) is 88.6 cm³/mol. The number of nitrogens with one attached hydrogen (secondary N) is 1. The number of amides is 1. The van der Waals surface area contributed by atoms with Gasteiger partial charge in [-0.15, -0.1) is 5.10 Å². The monoisotopic (exact) mass is 333 g/mol. The van der Waals surface area contributed by atoms with Crippen LogP contribution in [0.5, 0.6) is 5.88 Å². The molecule has 1 aromatic carbocycles. The summed E-state index contributed by atoms with van der Waals surface area (Å²) < 4.78 is 6.62. The van der Waals surface area contributed by atoms with Crippen LogP contribution in [0.2, 0.25) is 0 Å². The van der Waals surface area contributed by atoms with Crippen molar-refractivity contribution in [3.63, 3.8) is 0 Å². The maximum Gasteiger partial charge on any atom is 0.258 e. The van der Waals surface area contributed by atoms with Gasteiger partial charge < -0.3 is 15.2 Å². The quantitative estimate of drug-likeness (QED) is 0.882. The summed E-state index contributed by atoms with van der Waals surface area (Å²) in [6, 6.07) is 7.81. The zero-order chi connectivity index (χ0) is 16.4. The lowest BCUT2D eigenvalue weighted by Crippen LogP contribution is -2.44. The molecule has 2 aromatic rings. The molecule has 1 amide bonds. The van der Waals surface area contributed by atoms with Gasteiger partial charge in [-0.1, -0.05) is 24.3 Å². The van der Waals surface area contributed by atoms with Gasteiger partial charge in [0, 0.05) is 24.8 Å². The number of methoxy groups -OCH3 is 1. The van der Waals surface area contributed by atoms with E-state index in [0.717, 1.165) is 16.9 Å². The fourth-order valence-corrected chi connectivity index (χ4v) is 3.92. The van der Waals surface area contributed by atoms with Crippen LogP contribution in [-0.2, 0) is 18.4 Å². The highest BCUT2D eigenvalue weighted by Gasteiger charge is 2.35. The van der Waals surface area contributed by atoms with E-state index in [4.69, 9.17) is 4.74 Å². The van der Waals surface area contributed by atoms with Crippen LogP contribution >= 0.6 is 11.8 Å². The van der Waals surface area contributed by atoms with E-state index < -0.39 is 5.60 Å². The Bertz CT molecular complexity index is 731. The van der Waals surface area contributed by atoms with Crippen LogP contribution in [0, 0.1) is 0 Å². The molecule has 0 spiro atoms. The number of aromatic nitrogens is 2. The molecule has 2 N–H and O–H groups in total. The van der Waals surface area contributed by atoms with Crippen molar-refractivity contribution in [2.24, 2.45) is 7.05 Å². The standard InChI is InChI=1S/C16H19N3O3S/c1-19-7-12(15(18-19)22-2)14(20)17-9-16(21)10-23-8-11-5-3-4-6-13(11)16/h3-7,21H,8-10H2,1-2H3,(H,17,20). The third-order valence-corrected chi connectivity index (χ3v) is 5.09. The largest absolute Gasteiger partial charge is 0.479 e. The van der Waals surface area contributed by atoms with Crippen LogP contribution in [0.25, 0.3) is 0 Å². The summed E-state index contributed by atoms with van der Waals surface area (Å²) in [4.78, 5) is 12.4. The molecule has 122 valence electrons. The molecule has 1 unspecified atom stereocenters. The molecular formula is C16H19N3O3S. The number of aryl methyl sites for hydroxylation is 1. The van der Waals surface area contributed by atoms with E-state index in [1.54, 1.807) is 25.0 Å². The van der Waals surface area contributed by atoms with Crippen molar-refractivity contribution < 1.29 is 14.6 Å². The number of fused-ring (bicyclic) bond motifs is 1. The van der Waals surface area contributed by atoms with Gasteiger partial charge >= 0.3 is 0 Å². The second-order valence-electron chi connectivity index (χ2n) is 5.59. The molecule has 0 saturated heterocycles. The van der Waals surface area contributed by atoms with Gasteiger partial charge in [-0.25, -0.2) is 0 Å². The lowest BCUT2D eigenvalue weighted by Gasteiger charge is -2.34. The Morgan fingerprint density at radius 1 is 1.52 bits per heavy atom. The van der Waals surface area contributed by atoms with Gasteiger partial charge in [0.1, 0.15) is 11.2 Å². The summed E-state index contributed by atoms with van der Waals surface area (Å²) in [5.74, 6) is 1.39. The second-order valence-corrected chi connectivity index (χ2v) is 6.58. The Morgan fingerprint density at radius 3 is 3.09 bits per heavy atom. The van der Waals surface area contributed by atoms with E-state index in [1.165, 1.54) is 11.8 Å². The fraction of sp³-hybridized carbons (Fsp3) is 0.375. The predicted octanol–water partition coefficient (Wildman–Crippen LogP) is 1.29. The molecule has 3 rings (SSSR count). The van der Waals surface area contributed by atoms with E-state index in [0.29, 0.717) is 11.3 Å². The first-order valence-electron chi connectivity index (χ1n) is 7.28. The molecule has 0 fully saturated rings. The number of hydrogen-bond acceptors (Lipinski definition) is 5. The molecule has 1 aliphatic rings. The molecule has 23 heavy (non-hydrogen) atoms. The summed E-state index contributed by atoms with van der Waals surface area (Å²) in [6.45, 7) is 0.147. The number of ether oxygens (including phenoxy) is 1. The summed E-state index contributed by atoms with van der Waals surface area (Å²) in [7, 11) is 3.20. The number of benzene rings is 1. The number of aliphatic hydroxyl groups is 1. The average Bonchev–Trinajstić information content (AvgIpc) is 2.94. The molecule has 0 bridgehead atoms. The lowest BCUT2D eigenvalue weighted by molar-refractivity contribution is 0.0551. The molecule has 7 heteroatoms. The Balaban J connectivity index is 1.77. The van der Waals surface area contributed by atoms with Crippen molar-refractivity contribution in [3.05, 3.63) is 47.2 Å². The molecule has 0 aliphatic carbocycles. The van der Waals surface area contributed by atoms with Gasteiger partial charge in [0.05, 0.1) is 13.7 Å². The number of rotatable bonds is 4. The van der Waals surface area contributed by atoms with E-state index >= 15 is 0 Å². The zero-order valence-corrected chi connectivity index (χ0v) is 13.9. The first-order valence-corrected chi connectivity index (χ1v) is 8.43. The first kappa shape index (κ1) is 15.9. The lowest BCUT2D eigenvalue weighted by atomic mass is 9.91. The van der Waals surface area contributed by atoms with Gasteiger partial charge in [-0.3, -0.25) is 9.48 Å². The Morgan fingerprint density at radius 2 is 2.30 bits per heavy atom. The Kier molecular flexibility index (Phi) is 4.32. The fourth-order valence-electron chi connectivity index (χ4n) is 2.75. The first-order chi connectivity index (χ1) is 11.0. The van der Waals surface area contributed by atoms with Crippen molar-refractivity contribution in [1.29, 1.82) is 0 Å². The van der Waals surface area contributed by atoms with Crippen LogP contribution in [-0.4, -0.2) is 40.2 Å². The smallest absolute Gasteiger partial charge is 0.258 e. The molecular weight excluding hydrogens is 314 g/mol. The minimum atomic E-state index is -1.06. The minimum Gasteiger partial charge on any atom is -0.479 e. The molecule has 1 atom stereocenters. The van der Waals surface area contributed by atoms with Crippen LogP contribution in [0.3, 0.4) is 0 Å². The highest BCUT2D eigenvalue weighted by atomic mass is 32.2. The highest BCUT2D eigenvalue weighted by molar-refractivity contribution is 7.98. The van der Waals surface area contributed by atoms with E-state index in [1.807, 2.05) is 24.3 Å². The van der Waals surface area contributed by atoms with Crippen molar-refractivity contribution in [3.8, 4) is 5.88 Å². The third kappa shape index (κ3) is 3.07. The Hall–Kier alpha value is -1.99. The molecule has 0 saturated carbocycles. The van der Waals surface area contributed by atoms with E-state index in [2.05, 4.69) is 10.4 Å². The molecule has 1 aromatic heterocycles. The van der Waals surface area contributed by atoms with Gasteiger partial charge in [0.15, 0.2) is 0 Å². The number of carbonyl (C=O) groups is 1. The van der Waals surface area contributed by atoms with Crippen molar-refractivity contribution in [1.82, 2.24) is 15.1 Å². The second kappa shape index (κ2) is 6.25. The summed E-state index contributed by atoms with van der Waals surface area (Å²) in [5, 5.41) is 17.8. The maximum absolute atomic E-state index is 12.4. The highest BCUT2D eigenvalue weighted by Crippen LogP contribution is 2.35.